The first-order valence-electron chi connectivity index (χ1n) is 7.20. The number of oxime groups is 1. The zero-order chi connectivity index (χ0) is 17.5. The Hall–Kier alpha value is -3.14. The lowest BCUT2D eigenvalue weighted by molar-refractivity contribution is 0.126. The summed E-state index contributed by atoms with van der Waals surface area (Å²) >= 11 is 0. The third kappa shape index (κ3) is 3.98. The Morgan fingerprint density at radius 2 is 2.04 bits per heavy atom. The molecule has 2 aromatic rings. The molecule has 0 radical (unpaired) electrons. The van der Waals surface area contributed by atoms with E-state index in [0.29, 0.717) is 22.9 Å². The van der Waals surface area contributed by atoms with Gasteiger partial charge < -0.3 is 14.3 Å². The lowest BCUT2D eigenvalue weighted by Crippen LogP contribution is -2.05. The third-order valence-corrected chi connectivity index (χ3v) is 3.20. The first-order valence-corrected chi connectivity index (χ1v) is 7.20. The summed E-state index contributed by atoms with van der Waals surface area (Å²) in [6.07, 6.45) is 1.57. The second-order valence-corrected chi connectivity index (χ2v) is 5.00. The van der Waals surface area contributed by atoms with Crippen LogP contribution in [0.15, 0.2) is 29.6 Å². The number of methoxy groups -OCH3 is 2. The average molecular weight is 326 g/mol. The van der Waals surface area contributed by atoms with Crippen molar-refractivity contribution in [2.45, 2.75) is 20.5 Å². The summed E-state index contributed by atoms with van der Waals surface area (Å²) in [6, 6.07) is 7.40. The van der Waals surface area contributed by atoms with Gasteiger partial charge in [0, 0.05) is 11.9 Å². The molecule has 7 nitrogen and oxygen atoms in total. The minimum Gasteiger partial charge on any atom is -0.496 e. The molecule has 0 saturated carbocycles. The molecule has 2 rings (SSSR count). The normalized spacial score (nSPS) is 10.9. The van der Waals surface area contributed by atoms with E-state index in [1.807, 2.05) is 26.0 Å². The average Bonchev–Trinajstić information content (AvgIpc) is 2.57. The number of ether oxygens (including phenoxy) is 2. The topological polar surface area (TPSA) is 89.6 Å². The molecule has 0 spiro atoms. The van der Waals surface area contributed by atoms with E-state index in [1.54, 1.807) is 25.4 Å². The summed E-state index contributed by atoms with van der Waals surface area (Å²) in [5.41, 5.74) is 2.99. The molecule has 0 bridgehead atoms. The zero-order valence-corrected chi connectivity index (χ0v) is 14.0. The minimum absolute atomic E-state index is 0.0518. The molecular weight excluding hydrogens is 308 g/mol. The maximum Gasteiger partial charge on any atom is 0.223 e. The summed E-state index contributed by atoms with van der Waals surface area (Å²) < 4.78 is 10.5. The summed E-state index contributed by atoms with van der Waals surface area (Å²) in [4.78, 5) is 13.7. The molecular formula is C17H18N4O3. The number of pyridine rings is 2. The molecule has 0 atom stereocenters. The van der Waals surface area contributed by atoms with Crippen molar-refractivity contribution in [3.63, 3.8) is 0 Å². The van der Waals surface area contributed by atoms with E-state index < -0.39 is 0 Å². The number of hydrogen-bond donors (Lipinski definition) is 0. The Bertz CT molecular complexity index is 754. The molecule has 2 aromatic heterocycles. The predicted molar refractivity (Wildman–Crippen MR) is 88.0 cm³/mol. The van der Waals surface area contributed by atoms with Crippen LogP contribution in [-0.2, 0) is 11.4 Å². The van der Waals surface area contributed by atoms with Gasteiger partial charge in [-0.2, -0.15) is 5.26 Å². The monoisotopic (exact) mass is 326 g/mol. The molecule has 0 aliphatic carbocycles. The van der Waals surface area contributed by atoms with Gasteiger partial charge in [0.15, 0.2) is 6.61 Å². The van der Waals surface area contributed by atoms with Crippen LogP contribution in [0.2, 0.25) is 0 Å². The highest BCUT2D eigenvalue weighted by atomic mass is 16.6. The molecule has 0 fully saturated rings. The fourth-order valence-electron chi connectivity index (χ4n) is 2.21. The van der Waals surface area contributed by atoms with Crippen LogP contribution in [-0.4, -0.2) is 29.9 Å². The van der Waals surface area contributed by atoms with Crippen molar-refractivity contribution in [2.75, 3.05) is 14.2 Å². The molecule has 0 amide bonds. The van der Waals surface area contributed by atoms with Crippen molar-refractivity contribution in [3.05, 3.63) is 46.9 Å². The van der Waals surface area contributed by atoms with Gasteiger partial charge in [0.05, 0.1) is 19.8 Å². The molecule has 7 heteroatoms. The van der Waals surface area contributed by atoms with Crippen LogP contribution in [0, 0.1) is 25.2 Å². The number of aryl methyl sites for hydroxylation is 2. The Morgan fingerprint density at radius 1 is 1.25 bits per heavy atom. The SMILES string of the molecule is COc1ccnc(OC)c1CON=C(C#N)c1cc(C)cc(C)n1. The summed E-state index contributed by atoms with van der Waals surface area (Å²) in [7, 11) is 3.05. The van der Waals surface area contributed by atoms with Gasteiger partial charge in [0.1, 0.15) is 17.5 Å². The van der Waals surface area contributed by atoms with Gasteiger partial charge >= 0.3 is 0 Å². The molecule has 0 saturated heterocycles. The highest BCUT2D eigenvalue weighted by molar-refractivity contribution is 6.10. The van der Waals surface area contributed by atoms with Crippen molar-refractivity contribution in [1.29, 1.82) is 5.26 Å². The number of rotatable bonds is 6. The predicted octanol–water partition coefficient (Wildman–Crippen LogP) is 2.56. The maximum absolute atomic E-state index is 9.30. The van der Waals surface area contributed by atoms with Gasteiger partial charge in [-0.3, -0.25) is 4.98 Å². The van der Waals surface area contributed by atoms with E-state index in [4.69, 9.17) is 14.3 Å². The molecule has 0 aliphatic rings. The fourth-order valence-corrected chi connectivity index (χ4v) is 2.21. The lowest BCUT2D eigenvalue weighted by Gasteiger charge is -2.10. The largest absolute Gasteiger partial charge is 0.496 e. The van der Waals surface area contributed by atoms with Gasteiger partial charge in [-0.05, 0) is 37.6 Å². The standard InChI is InChI=1S/C17H18N4O3/c1-11-7-12(2)20-14(8-11)15(9-18)21-24-10-13-16(22-3)5-6-19-17(13)23-4/h5-8H,10H2,1-4H3. The molecule has 0 N–H and O–H groups in total. The van der Waals surface area contributed by atoms with E-state index >= 15 is 0 Å². The second-order valence-electron chi connectivity index (χ2n) is 5.00. The van der Waals surface area contributed by atoms with E-state index in [1.165, 1.54) is 7.11 Å². The van der Waals surface area contributed by atoms with Crippen molar-refractivity contribution < 1.29 is 14.3 Å². The van der Waals surface area contributed by atoms with Gasteiger partial charge in [-0.15, -0.1) is 0 Å². The molecule has 24 heavy (non-hydrogen) atoms. The van der Waals surface area contributed by atoms with Crippen LogP contribution < -0.4 is 9.47 Å². The van der Waals surface area contributed by atoms with Crippen LogP contribution in [0.4, 0.5) is 0 Å². The number of nitrogens with zero attached hydrogens (tertiary/aromatic N) is 4. The summed E-state index contributed by atoms with van der Waals surface area (Å²) in [6.45, 7) is 3.84. The molecule has 0 unspecified atom stereocenters. The fraction of sp³-hybridized carbons (Fsp3) is 0.294. The maximum atomic E-state index is 9.30. The number of hydrogen-bond acceptors (Lipinski definition) is 7. The quantitative estimate of drug-likeness (QED) is 0.598. The van der Waals surface area contributed by atoms with E-state index in [-0.39, 0.29) is 12.3 Å². The highest BCUT2D eigenvalue weighted by Crippen LogP contribution is 2.26. The van der Waals surface area contributed by atoms with Crippen molar-refractivity contribution >= 4 is 5.71 Å². The van der Waals surface area contributed by atoms with Crippen LogP contribution in [0.3, 0.4) is 0 Å². The molecule has 0 aliphatic heterocycles. The van der Waals surface area contributed by atoms with Crippen molar-refractivity contribution in [1.82, 2.24) is 9.97 Å². The van der Waals surface area contributed by atoms with Gasteiger partial charge in [0.2, 0.25) is 11.6 Å². The Labute approximate surface area is 140 Å². The lowest BCUT2D eigenvalue weighted by atomic mass is 10.2. The first-order chi connectivity index (χ1) is 11.6. The van der Waals surface area contributed by atoms with Crippen LogP contribution >= 0.6 is 0 Å². The summed E-state index contributed by atoms with van der Waals surface area (Å²) in [5, 5.41) is 13.2. The second kappa shape index (κ2) is 7.92. The first kappa shape index (κ1) is 17.2. The minimum atomic E-state index is 0.0518. The molecule has 2 heterocycles. The highest BCUT2D eigenvalue weighted by Gasteiger charge is 2.13. The van der Waals surface area contributed by atoms with E-state index in [9.17, 15) is 5.26 Å². The van der Waals surface area contributed by atoms with E-state index in [2.05, 4.69) is 15.1 Å². The molecule has 124 valence electrons. The zero-order valence-electron chi connectivity index (χ0n) is 14.0. The Kier molecular flexibility index (Phi) is 5.68. The third-order valence-electron chi connectivity index (χ3n) is 3.20. The van der Waals surface area contributed by atoms with Crippen LogP contribution in [0.1, 0.15) is 22.5 Å². The number of nitriles is 1. The van der Waals surface area contributed by atoms with Crippen LogP contribution in [0.5, 0.6) is 11.6 Å². The van der Waals surface area contributed by atoms with Gasteiger partial charge in [-0.1, -0.05) is 5.16 Å². The van der Waals surface area contributed by atoms with Crippen molar-refractivity contribution in [2.24, 2.45) is 5.16 Å². The number of aromatic nitrogens is 2. The van der Waals surface area contributed by atoms with Gasteiger partial charge in [-0.25, -0.2) is 4.98 Å². The Morgan fingerprint density at radius 3 is 2.67 bits per heavy atom. The van der Waals surface area contributed by atoms with Gasteiger partial charge in [0.25, 0.3) is 0 Å². The molecule has 0 aromatic carbocycles. The smallest absolute Gasteiger partial charge is 0.223 e. The Balaban J connectivity index is 2.22. The van der Waals surface area contributed by atoms with Crippen LogP contribution in [0.25, 0.3) is 0 Å². The van der Waals surface area contributed by atoms with E-state index in [0.717, 1.165) is 11.3 Å². The summed E-state index contributed by atoms with van der Waals surface area (Å²) in [5.74, 6) is 0.952. The van der Waals surface area contributed by atoms with Crippen molar-refractivity contribution in [3.8, 4) is 17.7 Å².